The lowest BCUT2D eigenvalue weighted by atomic mass is 9.58. The van der Waals surface area contributed by atoms with Crippen molar-refractivity contribution >= 4 is 70.9 Å². The summed E-state index contributed by atoms with van der Waals surface area (Å²) in [5.74, 6) is -16.9. The first kappa shape index (κ1) is 91.6. The van der Waals surface area contributed by atoms with Gasteiger partial charge in [-0.1, -0.05) is 72.0 Å². The van der Waals surface area contributed by atoms with Crippen LogP contribution in [0.15, 0.2) is 12.2 Å². The minimum Gasteiger partial charge on any atom is -0.382 e. The van der Waals surface area contributed by atoms with E-state index < -0.39 is 242 Å². The van der Waals surface area contributed by atoms with Crippen LogP contribution in [0.5, 0.6) is 0 Å². The highest BCUT2D eigenvalue weighted by atomic mass is 19.4. The third-order valence-corrected chi connectivity index (χ3v) is 26.4. The van der Waals surface area contributed by atoms with E-state index in [1.54, 1.807) is 30.9 Å². The molecule has 0 aromatic heterocycles. The van der Waals surface area contributed by atoms with E-state index in [2.05, 4.69) is 16.0 Å². The number of rotatable bonds is 13. The minimum atomic E-state index is -5.22. The Kier molecular flexibility index (Phi) is 31.1. The van der Waals surface area contributed by atoms with Crippen LogP contribution in [0, 0.1) is 40.9 Å². The quantitative estimate of drug-likeness (QED) is 0.119. The van der Waals surface area contributed by atoms with Gasteiger partial charge in [-0.15, -0.1) is 0 Å². The van der Waals surface area contributed by atoms with E-state index in [1.165, 1.54) is 69.0 Å². The second-order valence-electron chi connectivity index (χ2n) is 35.4. The van der Waals surface area contributed by atoms with Gasteiger partial charge in [-0.3, -0.25) is 57.5 Å². The molecular formula is C81H124F8N12O14. The number of fused-ring (bicyclic) bond motifs is 3. The normalized spacial score (nSPS) is 32.9. The van der Waals surface area contributed by atoms with Crippen molar-refractivity contribution in [3.8, 4) is 0 Å². The van der Waals surface area contributed by atoms with Gasteiger partial charge in [-0.2, -0.15) is 26.3 Å². The molecular weight excluding hydrogens is 1520 g/mol. The van der Waals surface area contributed by atoms with E-state index in [9.17, 15) is 45.5 Å². The van der Waals surface area contributed by atoms with Gasteiger partial charge in [0.1, 0.15) is 72.1 Å². The molecule has 5 aliphatic carbocycles. The van der Waals surface area contributed by atoms with Gasteiger partial charge in [0.25, 0.3) is 0 Å². The van der Waals surface area contributed by atoms with Crippen LogP contribution in [-0.4, -0.2) is 301 Å². The van der Waals surface area contributed by atoms with Crippen LogP contribution in [0.4, 0.5) is 35.1 Å². The Bertz CT molecular complexity index is 3470. The predicted molar refractivity (Wildman–Crippen MR) is 406 cm³/mol. The zero-order valence-corrected chi connectivity index (χ0v) is 68.9. The number of piperidine rings is 1. The summed E-state index contributed by atoms with van der Waals surface area (Å²) in [6, 6.07) is -11.7. The fourth-order valence-corrected chi connectivity index (χ4v) is 19.7. The molecule has 9 rings (SSSR count). The number of hydrogen-bond acceptors (Lipinski definition) is 14. The van der Waals surface area contributed by atoms with Crippen molar-refractivity contribution in [3.05, 3.63) is 12.2 Å². The maximum Gasteiger partial charge on any atom is 0.397 e. The molecule has 648 valence electrons. The van der Waals surface area contributed by atoms with Crippen molar-refractivity contribution in [3.63, 3.8) is 0 Å². The summed E-state index contributed by atoms with van der Waals surface area (Å²) in [5, 5.41) is 8.53. The first-order valence-electron chi connectivity index (χ1n) is 41.7. The number of alkyl halides is 8. The fraction of sp³-hybridized carbons (Fsp3) is 0.827. The molecule has 1 spiro atoms. The summed E-state index contributed by atoms with van der Waals surface area (Å²) < 4.78 is 128. The number of nitrogens with one attached hydrogen (secondary N) is 3. The maximum absolute atomic E-state index is 16.0. The molecule has 3 N–H and O–H groups in total. The van der Waals surface area contributed by atoms with Crippen LogP contribution in [0.1, 0.15) is 201 Å². The summed E-state index contributed by atoms with van der Waals surface area (Å²) in [5.41, 5.74) is -2.38. The number of nitrogens with zero attached hydrogens (tertiary/aromatic N) is 9. The second-order valence-corrected chi connectivity index (χ2v) is 35.4. The first-order chi connectivity index (χ1) is 54.1. The van der Waals surface area contributed by atoms with Gasteiger partial charge >= 0.3 is 12.4 Å². The molecule has 12 atom stereocenters. The Morgan fingerprint density at radius 1 is 0.600 bits per heavy atom. The van der Waals surface area contributed by atoms with Gasteiger partial charge in [0.05, 0.1) is 44.2 Å². The molecule has 0 radical (unpaired) electrons. The molecule has 115 heavy (non-hydrogen) atoms. The average molecular weight is 1640 g/mol. The number of likely N-dealkylation sites (N-methyl/N-ethyl adjacent to an activating group) is 6. The number of carbonyl (C=O) groups is 12. The maximum atomic E-state index is 16.0. The molecule has 9 aliphatic rings. The smallest absolute Gasteiger partial charge is 0.382 e. The van der Waals surface area contributed by atoms with Crippen molar-refractivity contribution in [2.75, 3.05) is 95.3 Å². The molecule has 2 unspecified atom stereocenters. The molecule has 0 aromatic carbocycles. The lowest BCUT2D eigenvalue weighted by Crippen LogP contribution is -2.71. The standard InChI is InChI=1S/C81H124F8N12O14/c1-12-48(2)67-75(111)94(6)44-65(104)95(7)58-27-15-13-22-36-100(74(58)110)61(39-49-28-31-52(32-29-49)80(84,85)86)72(108)93(5)43-63(102)90-57(33-30-50-37-55(82)66(56(83)38-50)81(87,88)89)71(107)101-42-54(115-53-25-18-19-26-53)40-59(101)70(106)92-79(46-78(3,4)47-79)77(113)98(10)68(51-23-16-17-24-51)76(112)97(9)60(73(109)99-34-20-14-21-35-99)41-64(103)96(8)62(45-114-11)69(105)91-67/h13,15,48-62,66-68H,12,14,16-47H2,1-11H3,(H,90,102)(H,91,105)(H,92,106)/b15-13-/t48-,49?,50?,52?,54+,55?,56?,57-,58-,59-,60-,61-,62-,66?,67-,68-/m0/s1. The van der Waals surface area contributed by atoms with Crippen LogP contribution < -0.4 is 16.0 Å². The molecule has 12 amide bonds. The summed E-state index contributed by atoms with van der Waals surface area (Å²) in [6.45, 7) is 5.41. The molecule has 8 fully saturated rings. The zero-order chi connectivity index (χ0) is 84.5. The van der Waals surface area contributed by atoms with Crippen molar-refractivity contribution in [2.24, 2.45) is 40.9 Å². The van der Waals surface area contributed by atoms with Crippen molar-refractivity contribution in [2.45, 2.75) is 292 Å². The molecule has 34 heteroatoms. The number of ether oxygens (including phenoxy) is 2. The Morgan fingerprint density at radius 2 is 1.22 bits per heavy atom. The lowest BCUT2D eigenvalue weighted by Gasteiger charge is -2.54. The number of likely N-dealkylation sites (tertiary alicyclic amines) is 1. The van der Waals surface area contributed by atoms with Crippen LogP contribution in [0.25, 0.3) is 0 Å². The van der Waals surface area contributed by atoms with Crippen LogP contribution in [0.2, 0.25) is 0 Å². The average Bonchev–Trinajstić information content (AvgIpc) is 1.62. The van der Waals surface area contributed by atoms with Crippen molar-refractivity contribution in [1.82, 2.24) is 60.0 Å². The minimum absolute atomic E-state index is 0.00810. The molecule has 5 saturated carbocycles. The summed E-state index contributed by atoms with van der Waals surface area (Å²) in [7, 11) is 9.31. The summed E-state index contributed by atoms with van der Waals surface area (Å²) in [4.78, 5) is 195. The van der Waals surface area contributed by atoms with Gasteiger partial charge in [-0.25, -0.2) is 8.78 Å². The van der Waals surface area contributed by atoms with Crippen LogP contribution >= 0.6 is 0 Å². The first-order valence-corrected chi connectivity index (χ1v) is 41.7. The van der Waals surface area contributed by atoms with E-state index in [4.69, 9.17) is 9.47 Å². The zero-order valence-electron chi connectivity index (χ0n) is 68.9. The number of methoxy groups -OCH3 is 1. The van der Waals surface area contributed by atoms with E-state index in [0.29, 0.717) is 70.9 Å². The van der Waals surface area contributed by atoms with Gasteiger partial charge in [0, 0.05) is 82.0 Å². The monoisotopic (exact) mass is 1640 g/mol. The third kappa shape index (κ3) is 22.2. The van der Waals surface area contributed by atoms with Crippen molar-refractivity contribution in [1.29, 1.82) is 0 Å². The van der Waals surface area contributed by atoms with Gasteiger partial charge in [0.15, 0.2) is 0 Å². The highest BCUT2D eigenvalue weighted by molar-refractivity contribution is 6.01. The SMILES string of the molecule is CC[C@H](C)[C@@H]1NC(=O)[C@H](COC)N(C)C(=O)C[C@@H](C(=O)N2CCCCC2)N(C)C(=O)[C@H](C2CCCC2)N(C)C(=O)C2(CC(C)(C)C2)NC(=O)[C@@H]2C[C@@H](OC3CCCC3)CN2C(=O)[C@H](CCC2CC(F)C(C(F)(F)F)C(F)C2)NC(=O)CN(C)C(=O)[C@H](CC2CCC(C(F)(F)F)CC2)N2CC/C=C\C[C@@H](C2=O)N(C)C(=O)CN(C)C1=O. The van der Waals surface area contributed by atoms with Gasteiger partial charge < -0.3 is 69.5 Å². The number of hydrogen-bond donors (Lipinski definition) is 3. The molecule has 3 saturated heterocycles. The Hall–Kier alpha value is -7.26. The third-order valence-electron chi connectivity index (χ3n) is 26.4. The highest BCUT2D eigenvalue weighted by Crippen LogP contribution is 2.51. The number of carbonyl (C=O) groups excluding carboxylic acids is 12. The molecule has 4 heterocycles. The molecule has 2 bridgehead atoms. The lowest BCUT2D eigenvalue weighted by molar-refractivity contribution is -0.219. The van der Waals surface area contributed by atoms with E-state index in [-0.39, 0.29) is 89.8 Å². The van der Waals surface area contributed by atoms with Gasteiger partial charge in [0.2, 0.25) is 70.9 Å². The predicted octanol–water partition coefficient (Wildman–Crippen LogP) is 7.43. The van der Waals surface area contributed by atoms with E-state index >= 15 is 47.1 Å². The van der Waals surface area contributed by atoms with Gasteiger partial charge in [-0.05, 0) is 158 Å². The summed E-state index contributed by atoms with van der Waals surface area (Å²) in [6.07, 6.45) is -9.10. The number of amides is 12. The Morgan fingerprint density at radius 3 is 1.81 bits per heavy atom. The van der Waals surface area contributed by atoms with E-state index in [0.717, 1.165) is 38.9 Å². The second kappa shape index (κ2) is 39.1. The Labute approximate surface area is 670 Å². The summed E-state index contributed by atoms with van der Waals surface area (Å²) >= 11 is 0. The molecule has 0 aromatic rings. The topological polar surface area (TPSA) is 289 Å². The number of halogens is 8. The van der Waals surface area contributed by atoms with Crippen molar-refractivity contribution < 1.29 is 102 Å². The fourth-order valence-electron chi connectivity index (χ4n) is 19.7. The molecule has 26 nitrogen and oxygen atoms in total. The highest BCUT2D eigenvalue weighted by Gasteiger charge is 2.60. The van der Waals surface area contributed by atoms with Crippen LogP contribution in [-0.2, 0) is 67.0 Å². The largest absolute Gasteiger partial charge is 0.397 e. The molecule has 4 aliphatic heterocycles. The van der Waals surface area contributed by atoms with E-state index in [1.807, 2.05) is 13.8 Å². The van der Waals surface area contributed by atoms with Crippen LogP contribution in [0.3, 0.4) is 0 Å². The Balaban J connectivity index is 1.13.